The standard InChI is InChI=1S/C20H24N2O/c1-4-20-21-17-8-5-6-9-18(17)22(20)12-7-13-23-19-11-10-15(2)14-16(19)3/h5-6,8-11,14H,4,7,12-13H2,1-3H3. The number of hydrogen-bond donors (Lipinski definition) is 0. The summed E-state index contributed by atoms with van der Waals surface area (Å²) in [4.78, 5) is 4.71. The molecule has 3 nitrogen and oxygen atoms in total. The molecule has 2 aromatic carbocycles. The molecule has 0 amide bonds. The number of benzene rings is 2. The van der Waals surface area contributed by atoms with Crippen molar-refractivity contribution >= 4 is 11.0 Å². The largest absolute Gasteiger partial charge is 0.493 e. The molecule has 0 fully saturated rings. The van der Waals surface area contributed by atoms with E-state index in [1.54, 1.807) is 0 Å². The molecular weight excluding hydrogens is 284 g/mol. The van der Waals surface area contributed by atoms with Crippen molar-refractivity contribution in [3.63, 3.8) is 0 Å². The summed E-state index contributed by atoms with van der Waals surface area (Å²) < 4.78 is 8.26. The number of ether oxygens (including phenoxy) is 1. The minimum absolute atomic E-state index is 0.722. The quantitative estimate of drug-likeness (QED) is 0.618. The summed E-state index contributed by atoms with van der Waals surface area (Å²) in [6.07, 6.45) is 1.92. The van der Waals surface area contributed by atoms with Gasteiger partial charge in [0.05, 0.1) is 17.6 Å². The van der Waals surface area contributed by atoms with E-state index in [1.807, 2.05) is 6.07 Å². The normalized spacial score (nSPS) is 11.1. The van der Waals surface area contributed by atoms with Crippen LogP contribution in [0, 0.1) is 13.8 Å². The van der Waals surface area contributed by atoms with Crippen molar-refractivity contribution < 1.29 is 4.74 Å². The monoisotopic (exact) mass is 308 g/mol. The highest BCUT2D eigenvalue weighted by Gasteiger charge is 2.08. The molecule has 0 bridgehead atoms. The number of nitrogens with zero attached hydrogens (tertiary/aromatic N) is 2. The van der Waals surface area contributed by atoms with Gasteiger partial charge in [0.1, 0.15) is 11.6 Å². The van der Waals surface area contributed by atoms with Crippen molar-refractivity contribution in [2.45, 2.75) is 40.2 Å². The number of rotatable bonds is 6. The molecule has 120 valence electrons. The molecule has 1 heterocycles. The zero-order valence-corrected chi connectivity index (χ0v) is 14.2. The van der Waals surface area contributed by atoms with E-state index in [0.717, 1.165) is 43.1 Å². The van der Waals surface area contributed by atoms with Crippen LogP contribution in [0.15, 0.2) is 42.5 Å². The summed E-state index contributed by atoms with van der Waals surface area (Å²) in [6, 6.07) is 14.7. The smallest absolute Gasteiger partial charge is 0.122 e. The van der Waals surface area contributed by atoms with Gasteiger partial charge >= 0.3 is 0 Å². The first-order chi connectivity index (χ1) is 11.2. The van der Waals surface area contributed by atoms with Gasteiger partial charge in [-0.05, 0) is 44.0 Å². The second-order valence-corrected chi connectivity index (χ2v) is 5.99. The van der Waals surface area contributed by atoms with Crippen molar-refractivity contribution in [1.29, 1.82) is 0 Å². The number of aromatic nitrogens is 2. The van der Waals surface area contributed by atoms with Crippen molar-refractivity contribution in [2.75, 3.05) is 6.61 Å². The van der Waals surface area contributed by atoms with Crippen LogP contribution in [0.5, 0.6) is 5.75 Å². The summed E-state index contributed by atoms with van der Waals surface area (Å²) in [7, 11) is 0. The maximum absolute atomic E-state index is 5.94. The van der Waals surface area contributed by atoms with Crippen LogP contribution in [0.2, 0.25) is 0 Å². The Morgan fingerprint density at radius 2 is 1.91 bits per heavy atom. The van der Waals surface area contributed by atoms with Gasteiger partial charge in [-0.15, -0.1) is 0 Å². The Morgan fingerprint density at radius 1 is 1.09 bits per heavy atom. The molecule has 0 saturated heterocycles. The number of hydrogen-bond acceptors (Lipinski definition) is 2. The third-order valence-electron chi connectivity index (χ3n) is 4.16. The molecule has 3 heteroatoms. The van der Waals surface area contributed by atoms with E-state index in [9.17, 15) is 0 Å². The van der Waals surface area contributed by atoms with Gasteiger partial charge in [-0.2, -0.15) is 0 Å². The SMILES string of the molecule is CCc1nc2ccccc2n1CCCOc1ccc(C)cc1C. The highest BCUT2D eigenvalue weighted by Crippen LogP contribution is 2.20. The Hall–Kier alpha value is -2.29. The molecule has 0 spiro atoms. The van der Waals surface area contributed by atoms with Gasteiger partial charge in [0.15, 0.2) is 0 Å². The topological polar surface area (TPSA) is 27.1 Å². The van der Waals surface area contributed by atoms with Crippen molar-refractivity contribution in [3.05, 3.63) is 59.4 Å². The van der Waals surface area contributed by atoms with Gasteiger partial charge in [-0.3, -0.25) is 0 Å². The van der Waals surface area contributed by atoms with E-state index < -0.39 is 0 Å². The van der Waals surface area contributed by atoms with Crippen LogP contribution in [0.3, 0.4) is 0 Å². The van der Waals surface area contributed by atoms with E-state index in [1.165, 1.54) is 16.6 Å². The molecule has 0 N–H and O–H groups in total. The molecule has 0 aliphatic rings. The molecule has 23 heavy (non-hydrogen) atoms. The minimum atomic E-state index is 0.722. The summed E-state index contributed by atoms with van der Waals surface area (Å²) in [5.74, 6) is 2.14. The Labute approximate surface area is 137 Å². The van der Waals surface area contributed by atoms with E-state index in [-0.39, 0.29) is 0 Å². The van der Waals surface area contributed by atoms with Crippen LogP contribution >= 0.6 is 0 Å². The van der Waals surface area contributed by atoms with Crippen LogP contribution in [0.25, 0.3) is 11.0 Å². The molecule has 0 aliphatic carbocycles. The predicted octanol–water partition coefficient (Wildman–Crippen LogP) is 4.68. The molecule has 0 atom stereocenters. The maximum Gasteiger partial charge on any atom is 0.122 e. The lowest BCUT2D eigenvalue weighted by molar-refractivity contribution is 0.300. The van der Waals surface area contributed by atoms with Crippen LogP contribution in [0.4, 0.5) is 0 Å². The molecule has 0 saturated carbocycles. The van der Waals surface area contributed by atoms with Gasteiger partial charge in [0, 0.05) is 13.0 Å². The molecular formula is C20H24N2O. The summed E-state index contributed by atoms with van der Waals surface area (Å²) >= 11 is 0. The zero-order valence-electron chi connectivity index (χ0n) is 14.2. The number of aryl methyl sites for hydroxylation is 4. The van der Waals surface area contributed by atoms with Crippen molar-refractivity contribution in [2.24, 2.45) is 0 Å². The molecule has 0 unspecified atom stereocenters. The summed E-state index contributed by atoms with van der Waals surface area (Å²) in [5.41, 5.74) is 4.77. The Bertz CT molecular complexity index is 805. The van der Waals surface area contributed by atoms with E-state index in [4.69, 9.17) is 9.72 Å². The van der Waals surface area contributed by atoms with E-state index in [2.05, 4.69) is 61.7 Å². The lowest BCUT2D eigenvalue weighted by Crippen LogP contribution is -2.07. The highest BCUT2D eigenvalue weighted by molar-refractivity contribution is 5.75. The second-order valence-electron chi connectivity index (χ2n) is 5.99. The first kappa shape index (κ1) is 15.6. The average molecular weight is 308 g/mol. The Balaban J connectivity index is 1.65. The maximum atomic E-state index is 5.94. The average Bonchev–Trinajstić information content (AvgIpc) is 2.91. The van der Waals surface area contributed by atoms with Gasteiger partial charge in [-0.1, -0.05) is 36.8 Å². The summed E-state index contributed by atoms with van der Waals surface area (Å²) in [5, 5.41) is 0. The minimum Gasteiger partial charge on any atom is -0.493 e. The molecule has 1 aromatic heterocycles. The fourth-order valence-corrected chi connectivity index (χ4v) is 3.01. The van der Waals surface area contributed by atoms with E-state index >= 15 is 0 Å². The molecule has 0 radical (unpaired) electrons. The highest BCUT2D eigenvalue weighted by atomic mass is 16.5. The number of para-hydroxylation sites is 2. The van der Waals surface area contributed by atoms with Crippen molar-refractivity contribution in [3.8, 4) is 5.75 Å². The third kappa shape index (κ3) is 3.39. The molecule has 0 aliphatic heterocycles. The second kappa shape index (κ2) is 6.86. The zero-order chi connectivity index (χ0) is 16.2. The third-order valence-corrected chi connectivity index (χ3v) is 4.16. The fraction of sp³-hybridized carbons (Fsp3) is 0.350. The van der Waals surface area contributed by atoms with E-state index in [0.29, 0.717) is 0 Å². The van der Waals surface area contributed by atoms with Crippen LogP contribution in [-0.4, -0.2) is 16.2 Å². The van der Waals surface area contributed by atoms with Crippen molar-refractivity contribution in [1.82, 2.24) is 9.55 Å². The fourth-order valence-electron chi connectivity index (χ4n) is 3.01. The first-order valence-corrected chi connectivity index (χ1v) is 8.33. The molecule has 3 rings (SSSR count). The first-order valence-electron chi connectivity index (χ1n) is 8.33. The van der Waals surface area contributed by atoms with Gasteiger partial charge in [-0.25, -0.2) is 4.98 Å². The van der Waals surface area contributed by atoms with Crippen LogP contribution in [0.1, 0.15) is 30.3 Å². The van der Waals surface area contributed by atoms with Gasteiger partial charge in [0.2, 0.25) is 0 Å². The lowest BCUT2D eigenvalue weighted by Gasteiger charge is -2.11. The van der Waals surface area contributed by atoms with Gasteiger partial charge in [0.25, 0.3) is 0 Å². The van der Waals surface area contributed by atoms with Gasteiger partial charge < -0.3 is 9.30 Å². The van der Waals surface area contributed by atoms with Crippen LogP contribution < -0.4 is 4.74 Å². The summed E-state index contributed by atoms with van der Waals surface area (Å²) in [6.45, 7) is 8.02. The molecule has 3 aromatic rings. The lowest BCUT2D eigenvalue weighted by atomic mass is 10.1. The number of fused-ring (bicyclic) bond motifs is 1. The Morgan fingerprint density at radius 3 is 2.70 bits per heavy atom. The Kier molecular flexibility index (Phi) is 4.65. The number of imidazole rings is 1. The predicted molar refractivity (Wildman–Crippen MR) is 95.1 cm³/mol. The van der Waals surface area contributed by atoms with Crippen LogP contribution in [-0.2, 0) is 13.0 Å².